The monoisotopic (exact) mass is 138 g/mol. The Bertz CT molecular complexity index is 173. The molecule has 0 aromatic rings. The Kier molecular flexibility index (Phi) is 4.10. The largest absolute Gasteiger partial charge is 0.313 e. The van der Waals surface area contributed by atoms with Crippen LogP contribution >= 0.6 is 0 Å². The Morgan fingerprint density at radius 3 is 2.50 bits per heavy atom. The van der Waals surface area contributed by atoms with Crippen LogP contribution in [0.3, 0.4) is 0 Å². The van der Waals surface area contributed by atoms with E-state index in [1.165, 1.54) is 0 Å². The van der Waals surface area contributed by atoms with Crippen molar-refractivity contribution in [3.63, 3.8) is 0 Å². The second-order valence-electron chi connectivity index (χ2n) is 2.35. The number of azide groups is 1. The number of hydrogen-bond donors (Lipinski definition) is 0. The Morgan fingerprint density at radius 2 is 2.20 bits per heavy atom. The number of hydrogen-bond acceptors (Lipinski definition) is 1. The molecule has 0 rings (SSSR count). The molecule has 0 amide bonds. The van der Waals surface area contributed by atoms with Crippen LogP contribution in [0, 0.1) is 12.5 Å². The van der Waals surface area contributed by atoms with Gasteiger partial charge in [0.05, 0.1) is 0 Å². The molecule has 1 unspecified atom stereocenters. The van der Waals surface area contributed by atoms with Crippen molar-refractivity contribution in [2.24, 2.45) is 11.0 Å². The minimum Gasteiger partial charge on any atom is -0.313 e. The standard InChI is InChI=1S/C6H10N4/c1-5(2)6(8-3)4-9-10-7/h5-6H,4H2,1-2H3. The van der Waals surface area contributed by atoms with Crippen molar-refractivity contribution in [2.75, 3.05) is 6.54 Å². The van der Waals surface area contributed by atoms with E-state index in [2.05, 4.69) is 14.9 Å². The van der Waals surface area contributed by atoms with Crippen LogP contribution in [0.25, 0.3) is 15.3 Å². The van der Waals surface area contributed by atoms with Gasteiger partial charge >= 0.3 is 0 Å². The highest BCUT2D eigenvalue weighted by atomic mass is 15.1. The van der Waals surface area contributed by atoms with Gasteiger partial charge in [0.2, 0.25) is 6.04 Å². The summed E-state index contributed by atoms with van der Waals surface area (Å²) in [7, 11) is 0. The predicted octanol–water partition coefficient (Wildman–Crippen LogP) is 2.24. The number of rotatable bonds is 3. The summed E-state index contributed by atoms with van der Waals surface area (Å²) in [4.78, 5) is 5.90. The average Bonchev–Trinajstić information content (AvgIpc) is 1.89. The first-order valence-corrected chi connectivity index (χ1v) is 3.09. The Hall–Kier alpha value is -1.20. The summed E-state index contributed by atoms with van der Waals surface area (Å²) in [5.74, 6) is 0.267. The Balaban J connectivity index is 3.86. The highest BCUT2D eigenvalue weighted by Crippen LogP contribution is 2.05. The van der Waals surface area contributed by atoms with Gasteiger partial charge in [-0.2, -0.15) is 0 Å². The molecule has 4 heteroatoms. The molecule has 0 aromatic heterocycles. The molecule has 0 spiro atoms. The fourth-order valence-corrected chi connectivity index (χ4v) is 0.521. The van der Waals surface area contributed by atoms with E-state index in [0.29, 0.717) is 0 Å². The van der Waals surface area contributed by atoms with Gasteiger partial charge in [0.15, 0.2) is 0 Å². The minimum atomic E-state index is -0.157. The molecule has 0 aliphatic rings. The molecule has 1 atom stereocenters. The molecule has 0 aliphatic heterocycles. The normalized spacial score (nSPS) is 11.8. The summed E-state index contributed by atoms with van der Waals surface area (Å²) >= 11 is 0. The van der Waals surface area contributed by atoms with Crippen molar-refractivity contribution >= 4 is 0 Å². The van der Waals surface area contributed by atoms with E-state index in [-0.39, 0.29) is 18.5 Å². The molecule has 0 fully saturated rings. The van der Waals surface area contributed by atoms with Gasteiger partial charge in [-0.3, -0.25) is 0 Å². The maximum atomic E-state index is 7.95. The molecular weight excluding hydrogens is 128 g/mol. The van der Waals surface area contributed by atoms with E-state index >= 15 is 0 Å². The maximum absolute atomic E-state index is 7.95. The molecule has 0 saturated carbocycles. The van der Waals surface area contributed by atoms with Crippen molar-refractivity contribution in [3.8, 4) is 0 Å². The van der Waals surface area contributed by atoms with Gasteiger partial charge in [-0.15, -0.1) is 0 Å². The van der Waals surface area contributed by atoms with Crippen LogP contribution in [-0.2, 0) is 0 Å². The van der Waals surface area contributed by atoms with Crippen LogP contribution in [0.2, 0.25) is 0 Å². The van der Waals surface area contributed by atoms with Gasteiger partial charge < -0.3 is 4.85 Å². The van der Waals surface area contributed by atoms with Gasteiger partial charge in [-0.05, 0) is 5.53 Å². The highest BCUT2D eigenvalue weighted by Gasteiger charge is 2.15. The summed E-state index contributed by atoms with van der Waals surface area (Å²) in [5, 5.41) is 3.33. The number of nitrogens with zero attached hydrogens (tertiary/aromatic N) is 4. The van der Waals surface area contributed by atoms with E-state index in [4.69, 9.17) is 12.1 Å². The smallest absolute Gasteiger partial charge is 0.231 e. The summed E-state index contributed by atoms with van der Waals surface area (Å²) < 4.78 is 0. The second kappa shape index (κ2) is 4.66. The second-order valence-corrected chi connectivity index (χ2v) is 2.35. The van der Waals surface area contributed by atoms with Gasteiger partial charge in [0.1, 0.15) is 6.54 Å². The van der Waals surface area contributed by atoms with E-state index in [1.54, 1.807) is 0 Å². The summed E-state index contributed by atoms with van der Waals surface area (Å²) in [6, 6.07) is -0.157. The molecule has 0 heterocycles. The van der Waals surface area contributed by atoms with E-state index in [0.717, 1.165) is 0 Å². The third-order valence-electron chi connectivity index (χ3n) is 1.27. The lowest BCUT2D eigenvalue weighted by Crippen LogP contribution is -2.13. The van der Waals surface area contributed by atoms with Gasteiger partial charge in [0.25, 0.3) is 0 Å². The fourth-order valence-electron chi connectivity index (χ4n) is 0.521. The van der Waals surface area contributed by atoms with Gasteiger partial charge in [-0.25, -0.2) is 6.57 Å². The van der Waals surface area contributed by atoms with Crippen molar-refractivity contribution in [2.45, 2.75) is 19.9 Å². The van der Waals surface area contributed by atoms with Crippen LogP contribution in [0.15, 0.2) is 5.11 Å². The maximum Gasteiger partial charge on any atom is 0.231 e. The first kappa shape index (κ1) is 8.80. The van der Waals surface area contributed by atoms with Crippen LogP contribution in [0.5, 0.6) is 0 Å². The van der Waals surface area contributed by atoms with Crippen molar-refractivity contribution in [3.05, 3.63) is 21.9 Å². The Labute approximate surface area is 60.3 Å². The summed E-state index contributed by atoms with van der Waals surface area (Å²) in [5.41, 5.74) is 7.95. The molecule has 0 radical (unpaired) electrons. The molecular formula is C6H10N4. The SMILES string of the molecule is [C-]#[N+]C(CN=[N+]=[N-])C(C)C. The zero-order chi connectivity index (χ0) is 7.98. The minimum absolute atomic E-state index is 0.157. The Morgan fingerprint density at radius 1 is 1.60 bits per heavy atom. The topological polar surface area (TPSA) is 53.1 Å². The molecule has 0 N–H and O–H groups in total. The molecule has 10 heavy (non-hydrogen) atoms. The molecule has 0 saturated heterocycles. The lowest BCUT2D eigenvalue weighted by Gasteiger charge is -2.03. The lowest BCUT2D eigenvalue weighted by molar-refractivity contribution is 0.557. The quantitative estimate of drug-likeness (QED) is 0.248. The molecule has 0 aliphatic carbocycles. The molecule has 0 bridgehead atoms. The third kappa shape index (κ3) is 2.95. The molecule has 0 aromatic carbocycles. The predicted molar refractivity (Wildman–Crippen MR) is 39.2 cm³/mol. The zero-order valence-corrected chi connectivity index (χ0v) is 6.15. The van der Waals surface area contributed by atoms with Crippen LogP contribution < -0.4 is 0 Å². The lowest BCUT2D eigenvalue weighted by atomic mass is 10.1. The molecule has 4 nitrogen and oxygen atoms in total. The van der Waals surface area contributed by atoms with Crippen LogP contribution in [0.1, 0.15) is 13.8 Å². The first-order valence-electron chi connectivity index (χ1n) is 3.09. The van der Waals surface area contributed by atoms with Crippen LogP contribution in [0.4, 0.5) is 0 Å². The van der Waals surface area contributed by atoms with E-state index in [9.17, 15) is 0 Å². The van der Waals surface area contributed by atoms with Crippen molar-refractivity contribution in [1.29, 1.82) is 0 Å². The van der Waals surface area contributed by atoms with E-state index in [1.807, 2.05) is 13.8 Å². The molecule has 54 valence electrons. The van der Waals surface area contributed by atoms with Gasteiger partial charge in [0, 0.05) is 10.8 Å². The third-order valence-corrected chi connectivity index (χ3v) is 1.27. The fraction of sp³-hybridized carbons (Fsp3) is 0.833. The zero-order valence-electron chi connectivity index (χ0n) is 6.15. The summed E-state index contributed by atoms with van der Waals surface area (Å²) in [6.07, 6.45) is 0. The van der Waals surface area contributed by atoms with Gasteiger partial charge in [-0.1, -0.05) is 19.0 Å². The van der Waals surface area contributed by atoms with Crippen molar-refractivity contribution in [1.82, 2.24) is 0 Å². The summed E-state index contributed by atoms with van der Waals surface area (Å²) in [6.45, 7) is 10.9. The first-order chi connectivity index (χ1) is 4.72. The van der Waals surface area contributed by atoms with Crippen molar-refractivity contribution < 1.29 is 0 Å². The highest BCUT2D eigenvalue weighted by molar-refractivity contribution is 4.83. The average molecular weight is 138 g/mol. The van der Waals surface area contributed by atoms with Crippen LogP contribution in [-0.4, -0.2) is 12.6 Å². The van der Waals surface area contributed by atoms with E-state index < -0.39 is 0 Å².